The van der Waals surface area contributed by atoms with E-state index in [4.69, 9.17) is 0 Å². The van der Waals surface area contributed by atoms with Crippen LogP contribution in [0.2, 0.25) is 0 Å². The van der Waals surface area contributed by atoms with Crippen LogP contribution >= 0.6 is 0 Å². The minimum absolute atomic E-state index is 0.134. The van der Waals surface area contributed by atoms with Gasteiger partial charge in [0, 0.05) is 5.92 Å². The SMILES string of the molecule is C=CCC(C#N)(C(=O)O)[C@@H](C)c1ccccc1. The Kier molecular flexibility index (Phi) is 4.06. The Morgan fingerprint density at radius 2 is 2.18 bits per heavy atom. The molecule has 0 aliphatic rings. The number of nitrogens with zero attached hydrogens (tertiary/aromatic N) is 1. The highest BCUT2D eigenvalue weighted by atomic mass is 16.4. The predicted molar refractivity (Wildman–Crippen MR) is 65.4 cm³/mol. The van der Waals surface area contributed by atoms with Gasteiger partial charge in [-0.1, -0.05) is 43.3 Å². The van der Waals surface area contributed by atoms with E-state index in [1.54, 1.807) is 6.92 Å². The fourth-order valence-corrected chi connectivity index (χ4v) is 1.89. The summed E-state index contributed by atoms with van der Waals surface area (Å²) in [5.74, 6) is -1.49. The van der Waals surface area contributed by atoms with Gasteiger partial charge >= 0.3 is 5.97 Å². The smallest absolute Gasteiger partial charge is 0.325 e. The third-order valence-corrected chi connectivity index (χ3v) is 3.09. The maximum absolute atomic E-state index is 11.4. The van der Waals surface area contributed by atoms with Crippen molar-refractivity contribution in [3.63, 3.8) is 0 Å². The van der Waals surface area contributed by atoms with Crippen molar-refractivity contribution < 1.29 is 9.90 Å². The average Bonchev–Trinajstić information content (AvgIpc) is 2.36. The number of allylic oxidation sites excluding steroid dienone is 1. The second-order valence-corrected chi connectivity index (χ2v) is 4.01. The number of carboxylic acids is 1. The molecule has 1 rings (SSSR count). The Bertz CT molecular complexity index is 447. The molecule has 88 valence electrons. The van der Waals surface area contributed by atoms with Crippen LogP contribution in [0.25, 0.3) is 0 Å². The quantitative estimate of drug-likeness (QED) is 0.789. The molecule has 2 atom stereocenters. The van der Waals surface area contributed by atoms with Crippen LogP contribution in [0, 0.1) is 16.7 Å². The zero-order valence-corrected chi connectivity index (χ0v) is 9.76. The largest absolute Gasteiger partial charge is 0.480 e. The van der Waals surface area contributed by atoms with E-state index >= 15 is 0 Å². The van der Waals surface area contributed by atoms with E-state index in [1.807, 2.05) is 36.4 Å². The summed E-state index contributed by atoms with van der Waals surface area (Å²) in [4.78, 5) is 11.4. The maximum Gasteiger partial charge on any atom is 0.325 e. The van der Waals surface area contributed by atoms with Crippen LogP contribution in [0.1, 0.15) is 24.8 Å². The van der Waals surface area contributed by atoms with Gasteiger partial charge in [-0.25, -0.2) is 0 Å². The number of aliphatic carboxylic acids is 1. The van der Waals surface area contributed by atoms with Gasteiger partial charge in [0.05, 0.1) is 6.07 Å². The van der Waals surface area contributed by atoms with Gasteiger partial charge in [0.15, 0.2) is 5.41 Å². The monoisotopic (exact) mass is 229 g/mol. The van der Waals surface area contributed by atoms with E-state index in [2.05, 4.69) is 6.58 Å². The van der Waals surface area contributed by atoms with Gasteiger partial charge in [-0.3, -0.25) is 4.79 Å². The van der Waals surface area contributed by atoms with Crippen molar-refractivity contribution in [1.82, 2.24) is 0 Å². The molecule has 0 amide bonds. The summed E-state index contributed by atoms with van der Waals surface area (Å²) in [5, 5.41) is 18.5. The van der Waals surface area contributed by atoms with Crippen molar-refractivity contribution in [2.24, 2.45) is 5.41 Å². The van der Waals surface area contributed by atoms with Crippen molar-refractivity contribution in [2.45, 2.75) is 19.3 Å². The molecule has 0 heterocycles. The summed E-state index contributed by atoms with van der Waals surface area (Å²) in [7, 11) is 0. The summed E-state index contributed by atoms with van der Waals surface area (Å²) in [5.41, 5.74) is -0.596. The molecule has 0 radical (unpaired) electrons. The van der Waals surface area contributed by atoms with Gasteiger partial charge in [-0.15, -0.1) is 6.58 Å². The van der Waals surface area contributed by atoms with Crippen LogP contribution < -0.4 is 0 Å². The first kappa shape index (κ1) is 13.0. The van der Waals surface area contributed by atoms with Crippen molar-refractivity contribution in [3.8, 4) is 6.07 Å². The first-order valence-electron chi connectivity index (χ1n) is 5.39. The molecule has 0 fully saturated rings. The Morgan fingerprint density at radius 1 is 1.59 bits per heavy atom. The van der Waals surface area contributed by atoms with Crippen LogP contribution in [-0.2, 0) is 4.79 Å². The van der Waals surface area contributed by atoms with Gasteiger partial charge in [0.25, 0.3) is 0 Å². The average molecular weight is 229 g/mol. The predicted octanol–water partition coefficient (Wildman–Crippen LogP) is 2.96. The van der Waals surface area contributed by atoms with Crippen LogP contribution in [-0.4, -0.2) is 11.1 Å². The van der Waals surface area contributed by atoms with Crippen LogP contribution in [0.4, 0.5) is 0 Å². The van der Waals surface area contributed by atoms with Gasteiger partial charge in [-0.05, 0) is 12.0 Å². The van der Waals surface area contributed by atoms with Crippen molar-refractivity contribution in [3.05, 3.63) is 48.6 Å². The third-order valence-electron chi connectivity index (χ3n) is 3.09. The molecule has 0 bridgehead atoms. The highest BCUT2D eigenvalue weighted by Gasteiger charge is 2.43. The lowest BCUT2D eigenvalue weighted by Gasteiger charge is -2.27. The van der Waals surface area contributed by atoms with Gasteiger partial charge in [-0.2, -0.15) is 5.26 Å². The second-order valence-electron chi connectivity index (χ2n) is 4.01. The van der Waals surface area contributed by atoms with E-state index in [-0.39, 0.29) is 12.3 Å². The van der Waals surface area contributed by atoms with Crippen LogP contribution in [0.5, 0.6) is 0 Å². The summed E-state index contributed by atoms with van der Waals surface area (Å²) in [6, 6.07) is 11.1. The first-order valence-corrected chi connectivity index (χ1v) is 5.39. The molecule has 3 heteroatoms. The number of hydrogen-bond acceptors (Lipinski definition) is 2. The molecule has 1 N–H and O–H groups in total. The fraction of sp³-hybridized carbons (Fsp3) is 0.286. The lowest BCUT2D eigenvalue weighted by Crippen LogP contribution is -2.34. The third kappa shape index (κ3) is 2.36. The molecule has 1 aromatic rings. The topological polar surface area (TPSA) is 61.1 Å². The van der Waals surface area contributed by atoms with E-state index < -0.39 is 11.4 Å². The van der Waals surface area contributed by atoms with Crippen molar-refractivity contribution >= 4 is 5.97 Å². The molecule has 1 unspecified atom stereocenters. The summed E-state index contributed by atoms with van der Waals surface area (Å²) in [6.45, 7) is 5.30. The molecular weight excluding hydrogens is 214 g/mol. The number of benzene rings is 1. The minimum atomic E-state index is -1.44. The second kappa shape index (κ2) is 5.31. The Morgan fingerprint density at radius 3 is 2.59 bits per heavy atom. The normalized spacial score (nSPS) is 15.3. The lowest BCUT2D eigenvalue weighted by molar-refractivity contribution is -0.146. The van der Waals surface area contributed by atoms with Crippen LogP contribution in [0.3, 0.4) is 0 Å². The minimum Gasteiger partial charge on any atom is -0.480 e. The fourth-order valence-electron chi connectivity index (χ4n) is 1.89. The zero-order valence-electron chi connectivity index (χ0n) is 9.76. The molecule has 17 heavy (non-hydrogen) atoms. The van der Waals surface area contributed by atoms with Crippen molar-refractivity contribution in [2.75, 3.05) is 0 Å². The number of hydrogen-bond donors (Lipinski definition) is 1. The van der Waals surface area contributed by atoms with E-state index in [0.29, 0.717) is 0 Å². The molecule has 0 aromatic heterocycles. The Hall–Kier alpha value is -2.08. The summed E-state index contributed by atoms with van der Waals surface area (Å²) >= 11 is 0. The molecule has 0 spiro atoms. The highest BCUT2D eigenvalue weighted by molar-refractivity contribution is 5.79. The summed E-state index contributed by atoms with van der Waals surface area (Å²) < 4.78 is 0. The Balaban J connectivity index is 3.20. The Labute approximate surface area is 101 Å². The van der Waals surface area contributed by atoms with Crippen LogP contribution in [0.15, 0.2) is 43.0 Å². The number of carboxylic acid groups (broad SMARTS) is 1. The van der Waals surface area contributed by atoms with Crippen molar-refractivity contribution in [1.29, 1.82) is 5.26 Å². The molecular formula is C14H15NO2. The lowest BCUT2D eigenvalue weighted by atomic mass is 9.72. The highest BCUT2D eigenvalue weighted by Crippen LogP contribution is 2.39. The summed E-state index contributed by atoms with van der Waals surface area (Å²) in [6.07, 6.45) is 1.62. The number of carbonyl (C=O) groups is 1. The molecule has 0 saturated carbocycles. The maximum atomic E-state index is 11.4. The van der Waals surface area contributed by atoms with Gasteiger partial charge in [0.1, 0.15) is 0 Å². The van der Waals surface area contributed by atoms with E-state index in [1.165, 1.54) is 6.08 Å². The van der Waals surface area contributed by atoms with Gasteiger partial charge < -0.3 is 5.11 Å². The zero-order chi connectivity index (χ0) is 12.9. The molecule has 0 aliphatic carbocycles. The number of rotatable bonds is 5. The standard InChI is InChI=1S/C14H15NO2/c1-3-9-14(10-15,13(16)17)11(2)12-7-5-4-6-8-12/h3-8,11H,1,9H2,2H3,(H,16,17)/t11-,14?/m0/s1. The molecule has 3 nitrogen and oxygen atoms in total. The molecule has 0 saturated heterocycles. The number of nitriles is 1. The molecule has 0 aliphatic heterocycles. The molecule has 1 aromatic carbocycles. The first-order chi connectivity index (χ1) is 8.08. The van der Waals surface area contributed by atoms with E-state index in [9.17, 15) is 15.2 Å². The van der Waals surface area contributed by atoms with Gasteiger partial charge in [0.2, 0.25) is 0 Å². The van der Waals surface area contributed by atoms with E-state index in [0.717, 1.165) is 5.56 Å².